The van der Waals surface area contributed by atoms with Crippen LogP contribution in [-0.2, 0) is 0 Å². The highest BCUT2D eigenvalue weighted by Gasteiger charge is 2.27. The molecule has 0 fully saturated rings. The molecule has 2 nitrogen and oxygen atoms in total. The number of hydrogen-bond acceptors (Lipinski definition) is 2. The van der Waals surface area contributed by atoms with Crippen LogP contribution in [0.25, 0.3) is 0 Å². The quantitative estimate of drug-likeness (QED) is 0.558. The Kier molecular flexibility index (Phi) is 1.58. The first-order valence-corrected chi connectivity index (χ1v) is 3.45. The summed E-state index contributed by atoms with van der Waals surface area (Å²) >= 11 is 0. The molecular formula is C7H14N2. The monoisotopic (exact) mass is 126 g/mol. The molecule has 1 aliphatic rings. The minimum absolute atomic E-state index is 0.00405. The normalized spacial score (nSPS) is 34.8. The lowest BCUT2D eigenvalue weighted by Gasteiger charge is -2.19. The van der Waals surface area contributed by atoms with Crippen LogP contribution in [0.1, 0.15) is 26.7 Å². The summed E-state index contributed by atoms with van der Waals surface area (Å²) in [5.41, 5.74) is 7.15. The molecule has 1 heterocycles. The molecule has 0 saturated carbocycles. The maximum Gasteiger partial charge on any atom is 0.0572 e. The molecule has 0 saturated heterocycles. The van der Waals surface area contributed by atoms with Crippen molar-refractivity contribution in [3.63, 3.8) is 0 Å². The van der Waals surface area contributed by atoms with Gasteiger partial charge >= 0.3 is 0 Å². The minimum Gasteiger partial charge on any atom is -0.323 e. The molecule has 1 atom stereocenters. The van der Waals surface area contributed by atoms with Crippen LogP contribution in [0.3, 0.4) is 0 Å². The van der Waals surface area contributed by atoms with Gasteiger partial charge in [-0.2, -0.15) is 0 Å². The van der Waals surface area contributed by atoms with Crippen molar-refractivity contribution in [1.82, 2.24) is 0 Å². The summed E-state index contributed by atoms with van der Waals surface area (Å²) in [5, 5.41) is 0. The molecule has 1 aliphatic heterocycles. The Balaban J connectivity index is 2.53. The summed E-state index contributed by atoms with van der Waals surface area (Å²) in [6, 6.07) is 0. The topological polar surface area (TPSA) is 38.4 Å². The largest absolute Gasteiger partial charge is 0.323 e. The van der Waals surface area contributed by atoms with Gasteiger partial charge in [-0.1, -0.05) is 6.92 Å². The lowest BCUT2D eigenvalue weighted by atomic mass is 9.94. The van der Waals surface area contributed by atoms with E-state index in [0.717, 1.165) is 19.4 Å². The van der Waals surface area contributed by atoms with Crippen LogP contribution in [0.15, 0.2) is 4.99 Å². The van der Waals surface area contributed by atoms with E-state index in [1.54, 1.807) is 0 Å². The summed E-state index contributed by atoms with van der Waals surface area (Å²) in [6.07, 6.45) is 2.03. The van der Waals surface area contributed by atoms with Gasteiger partial charge in [-0.3, -0.25) is 4.99 Å². The van der Waals surface area contributed by atoms with Crippen molar-refractivity contribution < 1.29 is 0 Å². The summed E-state index contributed by atoms with van der Waals surface area (Å²) in [7, 11) is 0. The van der Waals surface area contributed by atoms with Crippen molar-refractivity contribution in [2.45, 2.75) is 32.2 Å². The van der Waals surface area contributed by atoms with Crippen molar-refractivity contribution >= 4 is 5.71 Å². The van der Waals surface area contributed by atoms with E-state index in [0.29, 0.717) is 0 Å². The van der Waals surface area contributed by atoms with Gasteiger partial charge in [0.1, 0.15) is 0 Å². The molecule has 0 radical (unpaired) electrons. The zero-order valence-corrected chi connectivity index (χ0v) is 6.15. The predicted octanol–water partition coefficient (Wildman–Crippen LogP) is 0.959. The third-order valence-corrected chi connectivity index (χ3v) is 1.98. The smallest absolute Gasteiger partial charge is 0.0572 e. The average Bonchev–Trinajstić information content (AvgIpc) is 2.13. The lowest BCUT2D eigenvalue weighted by molar-refractivity contribution is 0.460. The molecule has 2 N–H and O–H groups in total. The van der Waals surface area contributed by atoms with Crippen LogP contribution in [0.5, 0.6) is 0 Å². The van der Waals surface area contributed by atoms with E-state index < -0.39 is 0 Å². The van der Waals surface area contributed by atoms with Crippen molar-refractivity contribution in [3.05, 3.63) is 0 Å². The van der Waals surface area contributed by atoms with E-state index in [-0.39, 0.29) is 5.54 Å². The van der Waals surface area contributed by atoms with Crippen LogP contribution in [0.2, 0.25) is 0 Å². The highest BCUT2D eigenvalue weighted by molar-refractivity contribution is 5.84. The molecule has 0 aliphatic carbocycles. The van der Waals surface area contributed by atoms with Gasteiger partial charge in [-0.15, -0.1) is 0 Å². The Bertz CT molecular complexity index is 140. The van der Waals surface area contributed by atoms with Gasteiger partial charge in [0, 0.05) is 17.7 Å². The molecule has 0 amide bonds. The van der Waals surface area contributed by atoms with E-state index in [1.165, 1.54) is 5.71 Å². The second kappa shape index (κ2) is 2.10. The van der Waals surface area contributed by atoms with Crippen LogP contribution in [0, 0.1) is 0 Å². The fourth-order valence-corrected chi connectivity index (χ4v) is 1.15. The highest BCUT2D eigenvalue weighted by atomic mass is 14.9. The standard InChI is InChI=1S/C7H14N2/c1-3-7(8)4-6(2)9-5-7/h3-5,8H2,1-2H3. The number of aliphatic imine (C=N–C) groups is 1. The Hall–Kier alpha value is -0.370. The first-order valence-electron chi connectivity index (χ1n) is 3.45. The molecule has 9 heavy (non-hydrogen) atoms. The predicted molar refractivity (Wildman–Crippen MR) is 39.8 cm³/mol. The van der Waals surface area contributed by atoms with Gasteiger partial charge < -0.3 is 5.73 Å². The maximum atomic E-state index is 5.93. The number of hydrogen-bond donors (Lipinski definition) is 1. The summed E-state index contributed by atoms with van der Waals surface area (Å²) in [4.78, 5) is 4.25. The van der Waals surface area contributed by atoms with E-state index in [1.807, 2.05) is 6.92 Å². The van der Waals surface area contributed by atoms with Crippen LogP contribution in [-0.4, -0.2) is 17.8 Å². The van der Waals surface area contributed by atoms with Crippen molar-refractivity contribution in [2.75, 3.05) is 6.54 Å². The second-order valence-electron chi connectivity index (χ2n) is 2.94. The second-order valence-corrected chi connectivity index (χ2v) is 2.94. The molecular weight excluding hydrogens is 112 g/mol. The fraction of sp³-hybridized carbons (Fsp3) is 0.857. The molecule has 0 aromatic heterocycles. The number of nitrogens with zero attached hydrogens (tertiary/aromatic N) is 1. The third-order valence-electron chi connectivity index (χ3n) is 1.98. The SMILES string of the molecule is CCC1(N)CN=C(C)C1. The Morgan fingerprint density at radius 3 is 2.67 bits per heavy atom. The zero-order valence-electron chi connectivity index (χ0n) is 6.15. The Morgan fingerprint density at radius 2 is 2.44 bits per heavy atom. The lowest BCUT2D eigenvalue weighted by Crippen LogP contribution is -2.40. The van der Waals surface area contributed by atoms with Gasteiger partial charge in [0.05, 0.1) is 6.54 Å². The molecule has 0 aromatic rings. The number of nitrogens with two attached hydrogens (primary N) is 1. The fourth-order valence-electron chi connectivity index (χ4n) is 1.15. The first-order chi connectivity index (χ1) is 4.16. The Morgan fingerprint density at radius 1 is 1.78 bits per heavy atom. The molecule has 0 spiro atoms. The molecule has 1 rings (SSSR count). The minimum atomic E-state index is 0.00405. The summed E-state index contributed by atoms with van der Waals surface area (Å²) < 4.78 is 0. The van der Waals surface area contributed by atoms with Crippen molar-refractivity contribution in [1.29, 1.82) is 0 Å². The van der Waals surface area contributed by atoms with E-state index in [9.17, 15) is 0 Å². The van der Waals surface area contributed by atoms with E-state index in [2.05, 4.69) is 11.9 Å². The Labute approximate surface area is 56.2 Å². The summed E-state index contributed by atoms with van der Waals surface area (Å²) in [6.45, 7) is 4.99. The van der Waals surface area contributed by atoms with Gasteiger partial charge in [0.2, 0.25) is 0 Å². The van der Waals surface area contributed by atoms with Gasteiger partial charge in [0.25, 0.3) is 0 Å². The molecule has 1 unspecified atom stereocenters. The van der Waals surface area contributed by atoms with Crippen LogP contribution in [0.4, 0.5) is 0 Å². The van der Waals surface area contributed by atoms with Crippen molar-refractivity contribution in [3.8, 4) is 0 Å². The maximum absolute atomic E-state index is 5.93. The zero-order chi connectivity index (χ0) is 6.91. The number of rotatable bonds is 1. The summed E-state index contributed by atoms with van der Waals surface area (Å²) in [5.74, 6) is 0. The van der Waals surface area contributed by atoms with Gasteiger partial charge in [-0.05, 0) is 13.3 Å². The highest BCUT2D eigenvalue weighted by Crippen LogP contribution is 2.18. The molecule has 2 heteroatoms. The van der Waals surface area contributed by atoms with Crippen LogP contribution >= 0.6 is 0 Å². The van der Waals surface area contributed by atoms with E-state index in [4.69, 9.17) is 5.73 Å². The molecule has 52 valence electrons. The third kappa shape index (κ3) is 1.30. The van der Waals surface area contributed by atoms with Crippen LogP contribution < -0.4 is 5.73 Å². The average molecular weight is 126 g/mol. The van der Waals surface area contributed by atoms with E-state index >= 15 is 0 Å². The molecule has 0 bridgehead atoms. The van der Waals surface area contributed by atoms with Gasteiger partial charge in [0.15, 0.2) is 0 Å². The molecule has 0 aromatic carbocycles. The van der Waals surface area contributed by atoms with Gasteiger partial charge in [-0.25, -0.2) is 0 Å². The first kappa shape index (κ1) is 6.75. The van der Waals surface area contributed by atoms with Crippen molar-refractivity contribution in [2.24, 2.45) is 10.7 Å².